The van der Waals surface area contributed by atoms with Gasteiger partial charge in [0.1, 0.15) is 0 Å². The molecular weight excluding hydrogens is 137 g/mol. The molecule has 0 amide bonds. The molecule has 0 rings (SSSR count). The fraction of sp³-hybridized carbons (Fsp3) is 0.500. The number of hydrogen-bond donors (Lipinski definition) is 1. The molecule has 0 bridgehead atoms. The van der Waals surface area contributed by atoms with E-state index in [-0.39, 0.29) is 29.6 Å². The first-order valence-electron chi connectivity index (χ1n) is 1.24. The number of halogens is 3. The average molecular weight is 138 g/mol. The quantitative estimate of drug-likeness (QED) is 0.385. The second-order valence-corrected chi connectivity index (χ2v) is 0.803. The maximum Gasteiger partial charge on any atom is 0.490 e. The molecule has 0 aliphatic carbocycles. The van der Waals surface area contributed by atoms with E-state index >= 15 is 0 Å². The predicted octanol–water partition coefficient (Wildman–Crippen LogP) is 0.253. The molecule has 0 saturated carbocycles. The molecule has 0 aliphatic rings. The Morgan fingerprint density at radius 3 is 1.50 bits per heavy atom. The summed E-state index contributed by atoms with van der Waals surface area (Å²) in [5.41, 5.74) is 0. The van der Waals surface area contributed by atoms with Crippen LogP contribution in [0.2, 0.25) is 0 Å². The molecule has 0 aromatic rings. The minimum Gasteiger partial charge on any atom is -0.475 e. The largest absolute Gasteiger partial charge is 0.490 e. The molecule has 0 fully saturated rings. The van der Waals surface area contributed by atoms with Crippen LogP contribution >= 0.6 is 0 Å². The number of aliphatic carboxylic acids is 1. The van der Waals surface area contributed by atoms with Crippen molar-refractivity contribution in [3.05, 3.63) is 0 Å². The standard InChI is InChI=1S/C2HF3O2.Na/c3-2(4,5)1(6)7;/h(H,6,7);/i1+1;. The van der Waals surface area contributed by atoms with E-state index < -0.39 is 12.1 Å². The van der Waals surface area contributed by atoms with Gasteiger partial charge in [-0.3, -0.25) is 0 Å². The molecule has 8 heavy (non-hydrogen) atoms. The van der Waals surface area contributed by atoms with E-state index in [1.807, 2.05) is 0 Å². The zero-order valence-corrected chi connectivity index (χ0v) is 5.99. The molecule has 0 unspecified atom stereocenters. The van der Waals surface area contributed by atoms with Crippen LogP contribution in [0.3, 0.4) is 0 Å². The van der Waals surface area contributed by atoms with Gasteiger partial charge >= 0.3 is 12.1 Å². The number of rotatable bonds is 0. The predicted molar refractivity (Wildman–Crippen MR) is 19.4 cm³/mol. The third-order valence-electron chi connectivity index (χ3n) is 0.243. The van der Waals surface area contributed by atoms with Crippen LogP contribution in [0.15, 0.2) is 0 Å². The smallest absolute Gasteiger partial charge is 0.475 e. The van der Waals surface area contributed by atoms with Gasteiger partial charge < -0.3 is 5.11 Å². The summed E-state index contributed by atoms with van der Waals surface area (Å²) in [6, 6.07) is 0. The summed E-state index contributed by atoms with van der Waals surface area (Å²) >= 11 is 0. The number of carboxylic acids is 1. The fourth-order valence-corrected chi connectivity index (χ4v) is 0. The molecule has 0 aliphatic heterocycles. The normalized spacial score (nSPS) is 9.88. The van der Waals surface area contributed by atoms with Crippen molar-refractivity contribution >= 4 is 35.5 Å². The van der Waals surface area contributed by atoms with Gasteiger partial charge in [-0.15, -0.1) is 0 Å². The molecular formula is C2HF3NaO2. The van der Waals surface area contributed by atoms with Crippen molar-refractivity contribution < 1.29 is 23.1 Å². The minimum absolute atomic E-state index is 0. The zero-order valence-electron chi connectivity index (χ0n) is 3.99. The molecule has 1 radical (unpaired) electrons. The van der Waals surface area contributed by atoms with Crippen molar-refractivity contribution in [3.63, 3.8) is 0 Å². The molecule has 0 atom stereocenters. The fourth-order valence-electron chi connectivity index (χ4n) is 0. The minimum atomic E-state index is -5.08. The van der Waals surface area contributed by atoms with Crippen molar-refractivity contribution in [2.24, 2.45) is 0 Å². The van der Waals surface area contributed by atoms with Gasteiger partial charge in [-0.1, -0.05) is 0 Å². The SMILES string of the molecule is O=[13C](O)C(F)(F)F.[Na]. The molecule has 0 saturated heterocycles. The third kappa shape index (κ3) is 4.42. The maximum atomic E-state index is 10.6. The Morgan fingerprint density at radius 1 is 1.38 bits per heavy atom. The summed E-state index contributed by atoms with van der Waals surface area (Å²) < 4.78 is 31.7. The van der Waals surface area contributed by atoms with Gasteiger partial charge in [-0.25, -0.2) is 4.79 Å². The molecule has 0 heterocycles. The van der Waals surface area contributed by atoms with Crippen LogP contribution in [0, 0.1) is 0 Å². The molecule has 0 aromatic carbocycles. The van der Waals surface area contributed by atoms with E-state index in [1.165, 1.54) is 0 Å². The number of carboxylic acid groups (broad SMARTS) is 1. The van der Waals surface area contributed by atoms with Crippen LogP contribution in [-0.4, -0.2) is 46.8 Å². The first kappa shape index (κ1) is 11.1. The monoisotopic (exact) mass is 138 g/mol. The molecule has 1 N–H and O–H groups in total. The van der Waals surface area contributed by atoms with Gasteiger partial charge in [0, 0.05) is 29.6 Å². The van der Waals surface area contributed by atoms with Gasteiger partial charge in [-0.05, 0) is 0 Å². The Balaban J connectivity index is 0. The number of alkyl halides is 3. The molecule has 43 valence electrons. The van der Waals surface area contributed by atoms with Crippen LogP contribution in [-0.2, 0) is 4.79 Å². The summed E-state index contributed by atoms with van der Waals surface area (Å²) in [4.78, 5) is 8.90. The number of carbonyl (C=O) groups is 1. The summed E-state index contributed by atoms with van der Waals surface area (Å²) in [5.74, 6) is -2.76. The van der Waals surface area contributed by atoms with Gasteiger partial charge in [0.2, 0.25) is 0 Å². The first-order valence-corrected chi connectivity index (χ1v) is 1.24. The Kier molecular flexibility index (Phi) is 4.61. The van der Waals surface area contributed by atoms with E-state index in [9.17, 15) is 13.2 Å². The van der Waals surface area contributed by atoms with Gasteiger partial charge in [0.25, 0.3) is 0 Å². The van der Waals surface area contributed by atoms with E-state index in [0.29, 0.717) is 0 Å². The molecule has 2 nitrogen and oxygen atoms in total. The van der Waals surface area contributed by atoms with Crippen molar-refractivity contribution in [3.8, 4) is 0 Å². The Morgan fingerprint density at radius 2 is 1.50 bits per heavy atom. The average Bonchev–Trinajstić information content (AvgIpc) is 1.31. The summed E-state index contributed by atoms with van der Waals surface area (Å²) in [5, 5.41) is 7.12. The molecule has 0 aromatic heterocycles. The Hall–Kier alpha value is 0.260. The van der Waals surface area contributed by atoms with E-state index in [0.717, 1.165) is 0 Å². The molecule has 0 spiro atoms. The maximum absolute atomic E-state index is 10.6. The van der Waals surface area contributed by atoms with E-state index in [2.05, 4.69) is 0 Å². The second kappa shape index (κ2) is 3.32. The summed E-state index contributed by atoms with van der Waals surface area (Å²) in [6.45, 7) is 0. The van der Waals surface area contributed by atoms with Crippen LogP contribution in [0.25, 0.3) is 0 Å². The summed E-state index contributed by atoms with van der Waals surface area (Å²) in [6.07, 6.45) is -5.08. The van der Waals surface area contributed by atoms with Crippen LogP contribution in [0.4, 0.5) is 13.2 Å². The second-order valence-electron chi connectivity index (χ2n) is 0.803. The van der Waals surface area contributed by atoms with Gasteiger partial charge in [0.05, 0.1) is 0 Å². The third-order valence-corrected chi connectivity index (χ3v) is 0.243. The number of hydrogen-bond acceptors (Lipinski definition) is 1. The first-order chi connectivity index (χ1) is 2.94. The van der Waals surface area contributed by atoms with Crippen molar-refractivity contribution in [2.75, 3.05) is 0 Å². The van der Waals surface area contributed by atoms with Gasteiger partial charge in [0.15, 0.2) is 0 Å². The van der Waals surface area contributed by atoms with Crippen molar-refractivity contribution in [1.82, 2.24) is 0 Å². The van der Waals surface area contributed by atoms with Crippen LogP contribution in [0.5, 0.6) is 0 Å². The van der Waals surface area contributed by atoms with Crippen LogP contribution < -0.4 is 0 Å². The van der Waals surface area contributed by atoms with Crippen LogP contribution in [0.1, 0.15) is 0 Å². The topological polar surface area (TPSA) is 37.3 Å². The van der Waals surface area contributed by atoms with Gasteiger partial charge in [-0.2, -0.15) is 13.2 Å². The molecule has 6 heteroatoms. The van der Waals surface area contributed by atoms with Crippen molar-refractivity contribution in [1.29, 1.82) is 0 Å². The zero-order chi connectivity index (χ0) is 6.08. The Labute approximate surface area is 65.0 Å². The summed E-state index contributed by atoms with van der Waals surface area (Å²) in [7, 11) is 0. The van der Waals surface area contributed by atoms with Crippen molar-refractivity contribution in [2.45, 2.75) is 6.18 Å². The van der Waals surface area contributed by atoms with E-state index in [1.54, 1.807) is 0 Å². The van der Waals surface area contributed by atoms with E-state index in [4.69, 9.17) is 9.90 Å². The Bertz CT molecular complexity index is 87.8.